The molecule has 2 N–H and O–H groups in total. The maximum atomic E-state index is 14.8. The second kappa shape index (κ2) is 17.9. The Morgan fingerprint density at radius 1 is 0.948 bits per heavy atom. The molecule has 0 radical (unpaired) electrons. The Kier molecular flexibility index (Phi) is 12.7. The minimum absolute atomic E-state index is 0.0471. The fraction of sp³-hybridized carbons (Fsp3) is 0.523. The van der Waals surface area contributed by atoms with Crippen LogP contribution in [0.2, 0.25) is 0 Å². The Morgan fingerprint density at radius 3 is 2.45 bits per heavy atom. The van der Waals surface area contributed by atoms with Crippen molar-refractivity contribution in [3.8, 4) is 22.8 Å². The molecule has 7 rings (SSSR count). The fourth-order valence-electron chi connectivity index (χ4n) is 8.27. The van der Waals surface area contributed by atoms with Crippen molar-refractivity contribution in [2.24, 2.45) is 5.92 Å². The first-order valence-electron chi connectivity index (χ1n) is 20.8. The minimum atomic E-state index is -3.91. The number of carbonyl (C=O) groups is 4. The molecule has 4 aliphatic rings. The van der Waals surface area contributed by atoms with Gasteiger partial charge in [-0.05, 0) is 76.8 Å². The molecule has 0 bridgehead atoms. The van der Waals surface area contributed by atoms with Crippen LogP contribution in [0.4, 0.5) is 0 Å². The summed E-state index contributed by atoms with van der Waals surface area (Å²) < 4.78 is 40.3. The standard InChI is InChI=1S/C44H55N5O8S/c1-44(43(53)47-58(54,55)34-19-20-34)22-12-6-4-3-5-9-17-31(25-40(50)48-23-13-8-14-24-48)42(52)49-29-33(27-38(49)41(51)46-44)57-39-28-36(30-15-10-7-11-16-30)45-37-26-32(56-2)18-21-35(37)39/h6-7,10-12,15-16,18,21,26,28,31,33-34,38H,3-5,8-9,13-14,17,19-20,22-25,27,29H2,1-2H3,(H,46,51)(H,47,53). The molecule has 4 unspecified atom stereocenters. The number of aromatic nitrogens is 1. The van der Waals surface area contributed by atoms with Crippen molar-refractivity contribution >= 4 is 44.6 Å². The van der Waals surface area contributed by atoms with Crippen molar-refractivity contribution < 1.29 is 37.1 Å². The second-order valence-corrected chi connectivity index (χ2v) is 18.4. The van der Waals surface area contributed by atoms with E-state index < -0.39 is 50.7 Å². The molecule has 13 nitrogen and oxygen atoms in total. The van der Waals surface area contributed by atoms with Crippen LogP contribution in [0, 0.1) is 5.92 Å². The van der Waals surface area contributed by atoms with Gasteiger partial charge in [-0.1, -0.05) is 55.3 Å². The lowest BCUT2D eigenvalue weighted by molar-refractivity contribution is -0.146. The number of sulfonamides is 1. The zero-order chi connectivity index (χ0) is 40.9. The number of pyridine rings is 1. The Balaban J connectivity index is 1.22. The maximum absolute atomic E-state index is 14.8. The van der Waals surface area contributed by atoms with E-state index in [9.17, 15) is 27.6 Å². The molecule has 58 heavy (non-hydrogen) atoms. The first-order chi connectivity index (χ1) is 27.9. The molecule has 1 aliphatic carbocycles. The highest BCUT2D eigenvalue weighted by molar-refractivity contribution is 7.91. The van der Waals surface area contributed by atoms with Crippen molar-refractivity contribution in [2.45, 2.75) is 113 Å². The van der Waals surface area contributed by atoms with Crippen molar-refractivity contribution in [3.63, 3.8) is 0 Å². The summed E-state index contributed by atoms with van der Waals surface area (Å²) in [6, 6.07) is 16.0. The lowest BCUT2D eigenvalue weighted by atomic mass is 9.94. The number of nitrogens with one attached hydrogen (secondary N) is 2. The van der Waals surface area contributed by atoms with Crippen LogP contribution in [0.15, 0.2) is 66.7 Å². The van der Waals surface area contributed by atoms with Gasteiger partial charge in [-0.3, -0.25) is 23.9 Å². The number of hydrogen-bond acceptors (Lipinski definition) is 9. The number of likely N-dealkylation sites (tertiary alicyclic amines) is 1. The number of ether oxygens (including phenoxy) is 2. The number of nitrogens with zero attached hydrogens (tertiary/aromatic N) is 3. The Bertz CT molecular complexity index is 2140. The summed E-state index contributed by atoms with van der Waals surface area (Å²) in [6.45, 7) is 2.92. The number of methoxy groups -OCH3 is 1. The zero-order valence-electron chi connectivity index (χ0n) is 33.5. The summed E-state index contributed by atoms with van der Waals surface area (Å²) in [4.78, 5) is 65.2. The van der Waals surface area contributed by atoms with Crippen molar-refractivity contribution in [3.05, 3.63) is 66.7 Å². The van der Waals surface area contributed by atoms with E-state index in [4.69, 9.17) is 14.5 Å². The predicted octanol–water partition coefficient (Wildman–Crippen LogP) is 5.67. The number of allylic oxidation sites excluding steroid dienone is 1. The van der Waals surface area contributed by atoms with E-state index in [0.717, 1.165) is 49.5 Å². The van der Waals surface area contributed by atoms with Gasteiger partial charge in [0.1, 0.15) is 29.2 Å². The highest BCUT2D eigenvalue weighted by Crippen LogP contribution is 2.36. The van der Waals surface area contributed by atoms with Crippen molar-refractivity contribution in [1.29, 1.82) is 0 Å². The van der Waals surface area contributed by atoms with E-state index in [2.05, 4.69) is 10.0 Å². The Morgan fingerprint density at radius 2 is 1.71 bits per heavy atom. The van der Waals surface area contributed by atoms with Crippen molar-refractivity contribution in [2.75, 3.05) is 26.7 Å². The van der Waals surface area contributed by atoms with Gasteiger partial charge in [-0.2, -0.15) is 0 Å². The van der Waals surface area contributed by atoms with Gasteiger partial charge < -0.3 is 24.6 Å². The average Bonchev–Trinajstić information content (AvgIpc) is 4.02. The van der Waals surface area contributed by atoms with Crippen LogP contribution in [0.1, 0.15) is 90.4 Å². The van der Waals surface area contributed by atoms with Gasteiger partial charge in [0.2, 0.25) is 27.7 Å². The number of amides is 4. The molecule has 0 spiro atoms. The van der Waals surface area contributed by atoms with Crippen LogP contribution in [0.3, 0.4) is 0 Å². The predicted molar refractivity (Wildman–Crippen MR) is 220 cm³/mol. The molecule has 4 amide bonds. The number of hydrogen-bond donors (Lipinski definition) is 2. The number of piperidine rings is 1. The molecular weight excluding hydrogens is 759 g/mol. The normalized spacial score (nSPS) is 25.0. The molecule has 4 atom stereocenters. The minimum Gasteiger partial charge on any atom is -0.497 e. The smallest absolute Gasteiger partial charge is 0.259 e. The summed E-state index contributed by atoms with van der Waals surface area (Å²) in [6.07, 6.45) is 10.8. The van der Waals surface area contributed by atoms with Gasteiger partial charge in [0.25, 0.3) is 5.91 Å². The van der Waals surface area contributed by atoms with E-state index in [-0.39, 0.29) is 37.6 Å². The molecular formula is C44H55N5O8S. The molecule has 2 aromatic carbocycles. The number of carbonyl (C=O) groups excluding carboxylic acids is 4. The third-order valence-electron chi connectivity index (χ3n) is 11.9. The van der Waals surface area contributed by atoms with Gasteiger partial charge in [0.15, 0.2) is 0 Å². The maximum Gasteiger partial charge on any atom is 0.259 e. The van der Waals surface area contributed by atoms with Crippen LogP contribution in [0.5, 0.6) is 11.5 Å². The summed E-state index contributed by atoms with van der Waals surface area (Å²) in [7, 11) is -2.32. The third-order valence-corrected chi connectivity index (χ3v) is 13.7. The molecule has 4 heterocycles. The largest absolute Gasteiger partial charge is 0.497 e. The topological polar surface area (TPSA) is 164 Å². The molecule has 310 valence electrons. The SMILES string of the molecule is COc1ccc2c(OC3CC4C(=O)NC(C)(C(=O)NS(=O)(=O)C5CC5)CC=CCCCCCC(CC(=O)N5CCCCC5)C(=O)N4C3)cc(-c3ccccc3)nc2c1. The van der Waals surface area contributed by atoms with Crippen LogP contribution in [0.25, 0.3) is 22.2 Å². The van der Waals surface area contributed by atoms with E-state index in [1.54, 1.807) is 13.2 Å². The summed E-state index contributed by atoms with van der Waals surface area (Å²) in [5.41, 5.74) is 0.551. The third kappa shape index (κ3) is 9.65. The van der Waals surface area contributed by atoms with Gasteiger partial charge in [0, 0.05) is 54.9 Å². The summed E-state index contributed by atoms with van der Waals surface area (Å²) in [5.74, 6) is -1.30. The molecule has 14 heteroatoms. The number of fused-ring (bicyclic) bond motifs is 2. The quantitative estimate of drug-likeness (QED) is 0.259. The fourth-order valence-corrected chi connectivity index (χ4v) is 9.68. The van der Waals surface area contributed by atoms with E-state index in [1.807, 2.05) is 65.6 Å². The summed E-state index contributed by atoms with van der Waals surface area (Å²) >= 11 is 0. The highest BCUT2D eigenvalue weighted by atomic mass is 32.2. The van der Waals surface area contributed by atoms with Gasteiger partial charge in [-0.15, -0.1) is 0 Å². The van der Waals surface area contributed by atoms with Crippen LogP contribution in [-0.2, 0) is 29.2 Å². The molecule has 3 fully saturated rings. The molecule has 2 saturated heterocycles. The molecule has 3 aromatic rings. The van der Waals surface area contributed by atoms with Crippen LogP contribution in [-0.4, -0.2) is 96.5 Å². The molecule has 1 aromatic heterocycles. The van der Waals surface area contributed by atoms with Gasteiger partial charge >= 0.3 is 0 Å². The number of rotatable bonds is 9. The Hall–Kier alpha value is -4.98. The summed E-state index contributed by atoms with van der Waals surface area (Å²) in [5, 5.41) is 2.97. The van der Waals surface area contributed by atoms with Crippen molar-refractivity contribution in [1.82, 2.24) is 24.8 Å². The highest BCUT2D eigenvalue weighted by Gasteiger charge is 2.47. The van der Waals surface area contributed by atoms with E-state index in [1.165, 1.54) is 11.8 Å². The molecule has 1 saturated carbocycles. The van der Waals surface area contributed by atoms with Crippen LogP contribution < -0.4 is 19.5 Å². The zero-order valence-corrected chi connectivity index (χ0v) is 34.3. The lowest BCUT2D eigenvalue weighted by Gasteiger charge is -2.33. The molecule has 3 aliphatic heterocycles. The van der Waals surface area contributed by atoms with Gasteiger partial charge in [-0.25, -0.2) is 13.4 Å². The van der Waals surface area contributed by atoms with Gasteiger partial charge in [0.05, 0.1) is 30.1 Å². The monoisotopic (exact) mass is 813 g/mol. The Labute approximate surface area is 341 Å². The first-order valence-corrected chi connectivity index (χ1v) is 22.3. The van der Waals surface area contributed by atoms with E-state index >= 15 is 0 Å². The number of benzene rings is 2. The lowest BCUT2D eigenvalue weighted by Crippen LogP contribution is -2.61. The van der Waals surface area contributed by atoms with E-state index in [0.29, 0.717) is 61.5 Å². The second-order valence-electron chi connectivity index (χ2n) is 16.4. The van der Waals surface area contributed by atoms with Crippen LogP contribution >= 0.6 is 0 Å². The average molecular weight is 814 g/mol. The first kappa shape index (κ1) is 41.2.